The summed E-state index contributed by atoms with van der Waals surface area (Å²) in [5.41, 5.74) is 4.03. The molecular weight excluding hydrogens is 260 g/mol. The molecule has 0 bridgehead atoms. The Labute approximate surface area is 128 Å². The first-order chi connectivity index (χ1) is 10.2. The van der Waals surface area contributed by atoms with Crippen LogP contribution in [0, 0.1) is 12.8 Å². The molecule has 1 aromatic heterocycles. The van der Waals surface area contributed by atoms with Gasteiger partial charge in [0.05, 0.1) is 0 Å². The molecule has 0 spiro atoms. The molecule has 0 aliphatic heterocycles. The minimum Gasteiger partial charge on any atom is -0.396 e. The lowest BCUT2D eigenvalue weighted by molar-refractivity contribution is 0.248. The van der Waals surface area contributed by atoms with Gasteiger partial charge in [-0.2, -0.15) is 0 Å². The highest BCUT2D eigenvalue weighted by molar-refractivity contribution is 5.85. The standard InChI is InChI=1S/C18H28N2O/c1-4-7-15(10-11-21)12-19-13-18-14(2)16-8-5-6-9-17(16)20(18)3/h5-6,8-9,15,19,21H,4,7,10-13H2,1-3H3. The van der Waals surface area contributed by atoms with E-state index < -0.39 is 0 Å². The summed E-state index contributed by atoms with van der Waals surface area (Å²) in [5, 5.41) is 14.1. The smallest absolute Gasteiger partial charge is 0.0483 e. The zero-order valence-electron chi connectivity index (χ0n) is 13.5. The minimum absolute atomic E-state index is 0.291. The summed E-state index contributed by atoms with van der Waals surface area (Å²) in [5.74, 6) is 0.579. The zero-order valence-corrected chi connectivity index (χ0v) is 13.5. The lowest BCUT2D eigenvalue weighted by atomic mass is 10.0. The third-order valence-electron chi connectivity index (χ3n) is 4.47. The van der Waals surface area contributed by atoms with Crippen molar-refractivity contribution in [3.8, 4) is 0 Å². The average Bonchev–Trinajstić information content (AvgIpc) is 2.73. The van der Waals surface area contributed by atoms with Gasteiger partial charge in [0.15, 0.2) is 0 Å². The molecule has 0 saturated carbocycles. The molecule has 0 saturated heterocycles. The molecule has 2 rings (SSSR count). The molecule has 0 fully saturated rings. The number of fused-ring (bicyclic) bond motifs is 1. The Morgan fingerprint density at radius 2 is 2.00 bits per heavy atom. The van der Waals surface area contributed by atoms with Crippen molar-refractivity contribution in [3.05, 3.63) is 35.5 Å². The second kappa shape index (κ2) is 7.62. The summed E-state index contributed by atoms with van der Waals surface area (Å²) in [6, 6.07) is 8.57. The van der Waals surface area contributed by atoms with Crippen molar-refractivity contribution >= 4 is 10.9 Å². The largest absolute Gasteiger partial charge is 0.396 e. The molecule has 0 amide bonds. The van der Waals surface area contributed by atoms with Crippen LogP contribution in [0.2, 0.25) is 0 Å². The Bertz CT molecular complexity index is 529. The number of aliphatic hydroxyl groups excluding tert-OH is 1. The second-order valence-corrected chi connectivity index (χ2v) is 5.95. The van der Waals surface area contributed by atoms with Crippen LogP contribution in [0.4, 0.5) is 0 Å². The van der Waals surface area contributed by atoms with Crippen LogP contribution < -0.4 is 5.32 Å². The minimum atomic E-state index is 0.291. The quantitative estimate of drug-likeness (QED) is 0.781. The Morgan fingerprint density at radius 3 is 2.67 bits per heavy atom. The van der Waals surface area contributed by atoms with Crippen molar-refractivity contribution in [2.75, 3.05) is 13.2 Å². The van der Waals surface area contributed by atoms with Crippen molar-refractivity contribution in [2.24, 2.45) is 13.0 Å². The van der Waals surface area contributed by atoms with Crippen molar-refractivity contribution in [1.29, 1.82) is 0 Å². The summed E-state index contributed by atoms with van der Waals surface area (Å²) in [6.45, 7) is 6.58. The molecule has 3 heteroatoms. The predicted octanol–water partition coefficient (Wildman–Crippen LogP) is 3.38. The molecule has 2 N–H and O–H groups in total. The van der Waals surface area contributed by atoms with E-state index >= 15 is 0 Å². The molecule has 21 heavy (non-hydrogen) atoms. The van der Waals surface area contributed by atoms with Crippen LogP contribution in [-0.2, 0) is 13.6 Å². The fraction of sp³-hybridized carbons (Fsp3) is 0.556. The van der Waals surface area contributed by atoms with Gasteiger partial charge in [-0.1, -0.05) is 31.5 Å². The third-order valence-corrected chi connectivity index (χ3v) is 4.47. The van der Waals surface area contributed by atoms with Gasteiger partial charge in [0.25, 0.3) is 0 Å². The van der Waals surface area contributed by atoms with Crippen LogP contribution in [0.1, 0.15) is 37.4 Å². The van der Waals surface area contributed by atoms with Gasteiger partial charge in [-0.25, -0.2) is 0 Å². The number of para-hydroxylation sites is 1. The Kier molecular flexibility index (Phi) is 5.83. The topological polar surface area (TPSA) is 37.2 Å². The van der Waals surface area contributed by atoms with Gasteiger partial charge in [0.2, 0.25) is 0 Å². The first-order valence-corrected chi connectivity index (χ1v) is 8.03. The summed E-state index contributed by atoms with van der Waals surface area (Å²) in [6.07, 6.45) is 3.26. The number of aryl methyl sites for hydroxylation is 2. The van der Waals surface area contributed by atoms with Crippen LogP contribution in [0.5, 0.6) is 0 Å². The molecule has 1 aromatic carbocycles. The first-order valence-electron chi connectivity index (χ1n) is 8.03. The number of benzene rings is 1. The lowest BCUT2D eigenvalue weighted by Gasteiger charge is -2.16. The first kappa shape index (κ1) is 16.1. The van der Waals surface area contributed by atoms with E-state index in [1.165, 1.54) is 35.0 Å². The van der Waals surface area contributed by atoms with E-state index in [2.05, 4.69) is 55.0 Å². The molecule has 0 radical (unpaired) electrons. The van der Waals surface area contributed by atoms with Gasteiger partial charge in [0.1, 0.15) is 0 Å². The molecule has 0 aliphatic rings. The van der Waals surface area contributed by atoms with E-state index in [0.29, 0.717) is 12.5 Å². The van der Waals surface area contributed by atoms with Gasteiger partial charge in [-0.3, -0.25) is 0 Å². The molecule has 1 unspecified atom stereocenters. The van der Waals surface area contributed by atoms with Gasteiger partial charge in [0, 0.05) is 36.8 Å². The monoisotopic (exact) mass is 288 g/mol. The molecular formula is C18H28N2O. The number of nitrogens with zero attached hydrogens (tertiary/aromatic N) is 1. The maximum Gasteiger partial charge on any atom is 0.0483 e. The van der Waals surface area contributed by atoms with Crippen LogP contribution in [0.25, 0.3) is 10.9 Å². The zero-order chi connectivity index (χ0) is 15.2. The Morgan fingerprint density at radius 1 is 1.24 bits per heavy atom. The SMILES string of the molecule is CCCC(CCO)CNCc1c(C)c2ccccc2n1C. The van der Waals surface area contributed by atoms with E-state index in [9.17, 15) is 0 Å². The van der Waals surface area contributed by atoms with E-state index in [1.807, 2.05) is 0 Å². The van der Waals surface area contributed by atoms with E-state index in [0.717, 1.165) is 19.5 Å². The predicted molar refractivity (Wildman–Crippen MR) is 89.5 cm³/mol. The van der Waals surface area contributed by atoms with Crippen molar-refractivity contribution in [1.82, 2.24) is 9.88 Å². The highest BCUT2D eigenvalue weighted by Gasteiger charge is 2.12. The summed E-state index contributed by atoms with van der Waals surface area (Å²) >= 11 is 0. The molecule has 0 aliphatic carbocycles. The van der Waals surface area contributed by atoms with E-state index in [1.54, 1.807) is 0 Å². The molecule has 1 heterocycles. The average molecular weight is 288 g/mol. The third kappa shape index (κ3) is 3.66. The normalized spacial score (nSPS) is 13.0. The number of nitrogens with one attached hydrogen (secondary N) is 1. The fourth-order valence-corrected chi connectivity index (χ4v) is 3.22. The number of rotatable bonds is 8. The van der Waals surface area contributed by atoms with Gasteiger partial charge in [-0.05, 0) is 43.9 Å². The Hall–Kier alpha value is -1.32. The summed E-state index contributed by atoms with van der Waals surface area (Å²) in [4.78, 5) is 0. The molecule has 116 valence electrons. The van der Waals surface area contributed by atoms with Gasteiger partial charge in [-0.15, -0.1) is 0 Å². The Balaban J connectivity index is 2.03. The van der Waals surface area contributed by atoms with Crippen LogP contribution in [0.15, 0.2) is 24.3 Å². The summed E-state index contributed by atoms with van der Waals surface area (Å²) in [7, 11) is 2.14. The molecule has 2 aromatic rings. The molecule has 3 nitrogen and oxygen atoms in total. The van der Waals surface area contributed by atoms with Gasteiger partial charge >= 0.3 is 0 Å². The number of aliphatic hydroxyl groups is 1. The second-order valence-electron chi connectivity index (χ2n) is 5.95. The van der Waals surface area contributed by atoms with Gasteiger partial charge < -0.3 is 15.0 Å². The van der Waals surface area contributed by atoms with E-state index in [-0.39, 0.29) is 0 Å². The van der Waals surface area contributed by atoms with Crippen molar-refractivity contribution < 1.29 is 5.11 Å². The maximum atomic E-state index is 9.13. The van der Waals surface area contributed by atoms with Crippen LogP contribution >= 0.6 is 0 Å². The summed E-state index contributed by atoms with van der Waals surface area (Å²) < 4.78 is 2.29. The fourth-order valence-electron chi connectivity index (χ4n) is 3.22. The highest BCUT2D eigenvalue weighted by atomic mass is 16.3. The van der Waals surface area contributed by atoms with Crippen molar-refractivity contribution in [3.63, 3.8) is 0 Å². The van der Waals surface area contributed by atoms with Crippen molar-refractivity contribution in [2.45, 2.75) is 39.7 Å². The van der Waals surface area contributed by atoms with E-state index in [4.69, 9.17) is 5.11 Å². The van der Waals surface area contributed by atoms with Crippen LogP contribution in [0.3, 0.4) is 0 Å². The maximum absolute atomic E-state index is 9.13. The number of hydrogen-bond donors (Lipinski definition) is 2. The number of hydrogen-bond acceptors (Lipinski definition) is 2. The number of aromatic nitrogens is 1. The highest BCUT2D eigenvalue weighted by Crippen LogP contribution is 2.24. The lowest BCUT2D eigenvalue weighted by Crippen LogP contribution is -2.24. The van der Waals surface area contributed by atoms with Crippen LogP contribution in [-0.4, -0.2) is 22.8 Å². The molecule has 1 atom stereocenters.